The Kier molecular flexibility index (Phi) is 7.82. The van der Waals surface area contributed by atoms with Crippen LogP contribution in [0.2, 0.25) is 0 Å². The molecular weight excluding hydrogens is 226 g/mol. The second-order valence-corrected chi connectivity index (χ2v) is 5.27. The summed E-state index contributed by atoms with van der Waals surface area (Å²) in [5, 5.41) is 12.9. The van der Waals surface area contributed by atoms with E-state index in [1.807, 2.05) is 0 Å². The van der Waals surface area contributed by atoms with Crippen molar-refractivity contribution in [3.05, 3.63) is 0 Å². The molecule has 0 spiro atoms. The lowest BCUT2D eigenvalue weighted by molar-refractivity contribution is 0.185. The fourth-order valence-corrected chi connectivity index (χ4v) is 2.68. The number of hydrogen-bond acceptors (Lipinski definition) is 4. The van der Waals surface area contributed by atoms with E-state index >= 15 is 0 Å². The molecule has 4 nitrogen and oxygen atoms in total. The number of nitrogens with one attached hydrogen (secondary N) is 1. The fraction of sp³-hybridized carbons (Fsp3) is 1.00. The van der Waals surface area contributed by atoms with Gasteiger partial charge in [0.05, 0.1) is 6.10 Å². The van der Waals surface area contributed by atoms with Crippen molar-refractivity contribution >= 4 is 0 Å². The van der Waals surface area contributed by atoms with Crippen LogP contribution in [-0.2, 0) is 0 Å². The molecule has 1 rings (SSSR count). The monoisotopic (exact) mass is 257 g/mol. The molecule has 0 radical (unpaired) electrons. The molecule has 0 aliphatic carbocycles. The van der Waals surface area contributed by atoms with Crippen molar-refractivity contribution in [3.8, 4) is 0 Å². The highest BCUT2D eigenvalue weighted by Gasteiger charge is 2.23. The van der Waals surface area contributed by atoms with Crippen molar-refractivity contribution in [1.82, 2.24) is 15.1 Å². The molecule has 2 unspecified atom stereocenters. The standard InChI is InChI=1S/C14H31N3O/c1-4-16(5-2)8-7-9-17(6-3)12-13-10-14(18)11-15-13/h13-15,18H,4-12H2,1-3H3. The van der Waals surface area contributed by atoms with Crippen LogP contribution in [0.25, 0.3) is 0 Å². The van der Waals surface area contributed by atoms with Gasteiger partial charge in [0.1, 0.15) is 0 Å². The van der Waals surface area contributed by atoms with Crippen LogP contribution in [0, 0.1) is 0 Å². The van der Waals surface area contributed by atoms with Crippen LogP contribution in [0.4, 0.5) is 0 Å². The molecule has 1 fully saturated rings. The van der Waals surface area contributed by atoms with Crippen molar-refractivity contribution in [3.63, 3.8) is 0 Å². The summed E-state index contributed by atoms with van der Waals surface area (Å²) in [6, 6.07) is 0.480. The zero-order valence-electron chi connectivity index (χ0n) is 12.4. The van der Waals surface area contributed by atoms with E-state index in [1.54, 1.807) is 0 Å². The molecule has 1 saturated heterocycles. The fourth-order valence-electron chi connectivity index (χ4n) is 2.68. The Morgan fingerprint density at radius 3 is 2.17 bits per heavy atom. The third-order valence-electron chi connectivity index (χ3n) is 3.97. The van der Waals surface area contributed by atoms with Crippen LogP contribution in [0.15, 0.2) is 0 Å². The largest absolute Gasteiger partial charge is 0.392 e. The van der Waals surface area contributed by atoms with Gasteiger partial charge in [-0.05, 0) is 45.6 Å². The smallest absolute Gasteiger partial charge is 0.0680 e. The van der Waals surface area contributed by atoms with Crippen molar-refractivity contribution in [2.75, 3.05) is 45.8 Å². The van der Waals surface area contributed by atoms with E-state index in [4.69, 9.17) is 0 Å². The zero-order chi connectivity index (χ0) is 13.4. The van der Waals surface area contributed by atoms with Crippen molar-refractivity contribution in [2.24, 2.45) is 0 Å². The summed E-state index contributed by atoms with van der Waals surface area (Å²) in [7, 11) is 0. The van der Waals surface area contributed by atoms with Gasteiger partial charge in [0.15, 0.2) is 0 Å². The van der Waals surface area contributed by atoms with E-state index in [0.29, 0.717) is 6.04 Å². The summed E-state index contributed by atoms with van der Waals surface area (Å²) >= 11 is 0. The summed E-state index contributed by atoms with van der Waals surface area (Å²) in [6.07, 6.45) is 2.02. The molecule has 2 N–H and O–H groups in total. The maximum absolute atomic E-state index is 9.51. The van der Waals surface area contributed by atoms with E-state index in [9.17, 15) is 5.11 Å². The van der Waals surface area contributed by atoms with E-state index in [0.717, 1.165) is 39.1 Å². The molecule has 0 bridgehead atoms. The van der Waals surface area contributed by atoms with E-state index in [2.05, 4.69) is 35.9 Å². The van der Waals surface area contributed by atoms with Gasteiger partial charge in [-0.15, -0.1) is 0 Å². The number of nitrogens with zero attached hydrogens (tertiary/aromatic N) is 2. The minimum atomic E-state index is -0.135. The molecule has 108 valence electrons. The van der Waals surface area contributed by atoms with Gasteiger partial charge in [-0.2, -0.15) is 0 Å². The lowest BCUT2D eigenvalue weighted by Crippen LogP contribution is -2.38. The van der Waals surface area contributed by atoms with Gasteiger partial charge >= 0.3 is 0 Å². The molecule has 18 heavy (non-hydrogen) atoms. The third-order valence-corrected chi connectivity index (χ3v) is 3.97. The first-order chi connectivity index (χ1) is 8.69. The van der Waals surface area contributed by atoms with Gasteiger partial charge in [-0.3, -0.25) is 0 Å². The Hall–Kier alpha value is -0.160. The average Bonchev–Trinajstić information content (AvgIpc) is 2.78. The molecule has 2 atom stereocenters. The zero-order valence-corrected chi connectivity index (χ0v) is 12.4. The number of rotatable bonds is 9. The van der Waals surface area contributed by atoms with E-state index in [1.165, 1.54) is 19.5 Å². The summed E-state index contributed by atoms with van der Waals surface area (Å²) < 4.78 is 0. The first-order valence-electron chi connectivity index (χ1n) is 7.55. The lowest BCUT2D eigenvalue weighted by Gasteiger charge is -2.25. The third kappa shape index (κ3) is 5.65. The predicted molar refractivity (Wildman–Crippen MR) is 76.9 cm³/mol. The van der Waals surface area contributed by atoms with Crippen LogP contribution in [0.1, 0.15) is 33.6 Å². The number of aliphatic hydroxyl groups is 1. The van der Waals surface area contributed by atoms with Crippen LogP contribution >= 0.6 is 0 Å². The normalized spacial score (nSPS) is 24.3. The number of likely N-dealkylation sites (N-methyl/N-ethyl adjacent to an activating group) is 1. The molecule has 1 heterocycles. The second kappa shape index (κ2) is 8.86. The molecule has 1 aliphatic heterocycles. The molecule has 0 aromatic carbocycles. The molecule has 0 saturated carbocycles. The molecule has 0 amide bonds. The number of β-amino-alcohol motifs (C(OH)–C–C–N with tert-alkyl or cyclic N) is 1. The first kappa shape index (κ1) is 15.9. The lowest BCUT2D eigenvalue weighted by atomic mass is 10.2. The van der Waals surface area contributed by atoms with Crippen LogP contribution in [-0.4, -0.2) is 72.9 Å². The summed E-state index contributed by atoms with van der Waals surface area (Å²) in [6.45, 7) is 14.3. The predicted octanol–water partition coefficient (Wildman–Crippen LogP) is 0.763. The maximum atomic E-state index is 9.51. The van der Waals surface area contributed by atoms with Crippen molar-refractivity contribution in [1.29, 1.82) is 0 Å². The van der Waals surface area contributed by atoms with Crippen molar-refractivity contribution < 1.29 is 5.11 Å². The Labute approximate surface area is 112 Å². The van der Waals surface area contributed by atoms with Crippen LogP contribution < -0.4 is 5.32 Å². The van der Waals surface area contributed by atoms with E-state index in [-0.39, 0.29) is 6.10 Å². The summed E-state index contributed by atoms with van der Waals surface area (Å²) in [4.78, 5) is 4.98. The summed E-state index contributed by atoms with van der Waals surface area (Å²) in [5.74, 6) is 0. The van der Waals surface area contributed by atoms with Gasteiger partial charge in [0, 0.05) is 19.1 Å². The van der Waals surface area contributed by atoms with Crippen molar-refractivity contribution in [2.45, 2.75) is 45.8 Å². The Bertz CT molecular complexity index is 209. The molecule has 1 aliphatic rings. The highest BCUT2D eigenvalue weighted by atomic mass is 16.3. The molecule has 0 aromatic rings. The first-order valence-corrected chi connectivity index (χ1v) is 7.55. The number of hydrogen-bond donors (Lipinski definition) is 2. The van der Waals surface area contributed by atoms with Gasteiger partial charge in [0.2, 0.25) is 0 Å². The Morgan fingerprint density at radius 1 is 1.06 bits per heavy atom. The quantitative estimate of drug-likeness (QED) is 0.640. The van der Waals surface area contributed by atoms with Gasteiger partial charge in [-0.1, -0.05) is 20.8 Å². The Balaban J connectivity index is 2.17. The topological polar surface area (TPSA) is 38.7 Å². The van der Waals surface area contributed by atoms with Crippen LogP contribution in [0.3, 0.4) is 0 Å². The molecule has 0 aromatic heterocycles. The SMILES string of the molecule is CCN(CC)CCCN(CC)CC1CC(O)CN1. The molecule has 4 heteroatoms. The number of aliphatic hydroxyl groups excluding tert-OH is 1. The average molecular weight is 257 g/mol. The highest BCUT2D eigenvalue weighted by Crippen LogP contribution is 2.08. The second-order valence-electron chi connectivity index (χ2n) is 5.27. The van der Waals surface area contributed by atoms with Gasteiger partial charge in [-0.25, -0.2) is 0 Å². The highest BCUT2D eigenvalue weighted by molar-refractivity contribution is 4.83. The van der Waals surface area contributed by atoms with Crippen LogP contribution in [0.5, 0.6) is 0 Å². The van der Waals surface area contributed by atoms with Gasteiger partial charge in [0.25, 0.3) is 0 Å². The van der Waals surface area contributed by atoms with Gasteiger partial charge < -0.3 is 20.2 Å². The maximum Gasteiger partial charge on any atom is 0.0680 e. The van der Waals surface area contributed by atoms with E-state index < -0.39 is 0 Å². The Morgan fingerprint density at radius 2 is 1.67 bits per heavy atom. The minimum absolute atomic E-state index is 0.135. The minimum Gasteiger partial charge on any atom is -0.392 e. The summed E-state index contributed by atoms with van der Waals surface area (Å²) in [5.41, 5.74) is 0. The molecular formula is C14H31N3O.